The monoisotopic (exact) mass is 358 g/mol. The first-order chi connectivity index (χ1) is 13.2. The van der Waals surface area contributed by atoms with E-state index in [1.54, 1.807) is 0 Å². The van der Waals surface area contributed by atoms with Gasteiger partial charge in [0.1, 0.15) is 5.75 Å². The van der Waals surface area contributed by atoms with E-state index in [0.717, 1.165) is 43.9 Å². The lowest BCUT2D eigenvalue weighted by Crippen LogP contribution is -2.46. The second-order valence-electron chi connectivity index (χ2n) is 7.26. The standard InChI is InChI=1S/C24H26N2O/c1-19-7-5-6-10-23(19)26-15-13-25(14-16-26)18-22-17-21(11-12-24(22)27)20-8-3-2-4-9-20/h2-12,17,27H,13-16,18H2,1H3. The number of aromatic hydroxyl groups is 1. The minimum Gasteiger partial charge on any atom is -0.508 e. The predicted molar refractivity (Wildman–Crippen MR) is 112 cm³/mol. The molecule has 0 atom stereocenters. The van der Waals surface area contributed by atoms with Crippen molar-refractivity contribution in [3.05, 3.63) is 83.9 Å². The van der Waals surface area contributed by atoms with E-state index in [1.165, 1.54) is 16.8 Å². The molecule has 138 valence electrons. The van der Waals surface area contributed by atoms with Gasteiger partial charge in [-0.1, -0.05) is 54.6 Å². The van der Waals surface area contributed by atoms with Crippen LogP contribution in [0.5, 0.6) is 5.75 Å². The highest BCUT2D eigenvalue weighted by molar-refractivity contribution is 5.65. The van der Waals surface area contributed by atoms with Crippen molar-refractivity contribution >= 4 is 5.69 Å². The molecule has 1 aliphatic heterocycles. The molecule has 0 spiro atoms. The fourth-order valence-corrected chi connectivity index (χ4v) is 3.83. The molecule has 3 aromatic rings. The van der Waals surface area contributed by atoms with Gasteiger partial charge in [0.05, 0.1) is 0 Å². The van der Waals surface area contributed by atoms with Crippen molar-refractivity contribution in [2.75, 3.05) is 31.1 Å². The number of hydrogen-bond acceptors (Lipinski definition) is 3. The largest absolute Gasteiger partial charge is 0.508 e. The van der Waals surface area contributed by atoms with Crippen LogP contribution in [0.15, 0.2) is 72.8 Å². The van der Waals surface area contributed by atoms with Crippen molar-refractivity contribution in [3.63, 3.8) is 0 Å². The smallest absolute Gasteiger partial charge is 0.120 e. The number of piperazine rings is 1. The summed E-state index contributed by atoms with van der Waals surface area (Å²) in [4.78, 5) is 4.89. The van der Waals surface area contributed by atoms with Crippen LogP contribution in [0, 0.1) is 6.92 Å². The molecular weight excluding hydrogens is 332 g/mol. The Morgan fingerprint density at radius 2 is 1.48 bits per heavy atom. The molecule has 0 unspecified atom stereocenters. The summed E-state index contributed by atoms with van der Waals surface area (Å²) in [5.74, 6) is 0.385. The number of phenolic OH excluding ortho intramolecular Hbond substituents is 1. The number of benzene rings is 3. The molecule has 0 aromatic heterocycles. The Morgan fingerprint density at radius 3 is 2.22 bits per heavy atom. The number of phenols is 1. The average molecular weight is 358 g/mol. The summed E-state index contributed by atoms with van der Waals surface area (Å²) in [6.07, 6.45) is 0. The molecule has 0 bridgehead atoms. The molecule has 0 amide bonds. The zero-order valence-electron chi connectivity index (χ0n) is 15.8. The molecule has 3 aromatic carbocycles. The van der Waals surface area contributed by atoms with Gasteiger partial charge < -0.3 is 10.0 Å². The topological polar surface area (TPSA) is 26.7 Å². The van der Waals surface area contributed by atoms with Gasteiger partial charge in [-0.05, 0) is 41.8 Å². The maximum atomic E-state index is 10.3. The highest BCUT2D eigenvalue weighted by Crippen LogP contribution is 2.28. The van der Waals surface area contributed by atoms with Crippen molar-refractivity contribution in [3.8, 4) is 16.9 Å². The Bertz CT molecular complexity index is 899. The molecule has 1 N–H and O–H groups in total. The fraction of sp³-hybridized carbons (Fsp3) is 0.250. The Labute approximate surface area is 161 Å². The third kappa shape index (κ3) is 3.99. The van der Waals surface area contributed by atoms with E-state index in [2.05, 4.69) is 59.2 Å². The van der Waals surface area contributed by atoms with Crippen LogP contribution in [0.4, 0.5) is 5.69 Å². The number of para-hydroxylation sites is 1. The fourth-order valence-electron chi connectivity index (χ4n) is 3.83. The first kappa shape index (κ1) is 17.6. The lowest BCUT2D eigenvalue weighted by Gasteiger charge is -2.37. The van der Waals surface area contributed by atoms with Gasteiger partial charge >= 0.3 is 0 Å². The molecule has 1 fully saturated rings. The molecule has 0 aliphatic carbocycles. The molecule has 4 rings (SSSR count). The van der Waals surface area contributed by atoms with Gasteiger partial charge in [-0.15, -0.1) is 0 Å². The van der Waals surface area contributed by atoms with Crippen molar-refractivity contribution in [2.45, 2.75) is 13.5 Å². The zero-order chi connectivity index (χ0) is 18.6. The Balaban J connectivity index is 1.44. The molecular formula is C24H26N2O. The van der Waals surface area contributed by atoms with Crippen LogP contribution in [0.25, 0.3) is 11.1 Å². The summed E-state index contributed by atoms with van der Waals surface area (Å²) < 4.78 is 0. The molecule has 3 heteroatoms. The van der Waals surface area contributed by atoms with Crippen LogP contribution in [0.3, 0.4) is 0 Å². The Kier molecular flexibility index (Phi) is 5.12. The van der Waals surface area contributed by atoms with E-state index in [4.69, 9.17) is 0 Å². The molecule has 1 saturated heterocycles. The number of anilines is 1. The number of aryl methyl sites for hydroxylation is 1. The van der Waals surface area contributed by atoms with Gasteiger partial charge in [0, 0.05) is 44.0 Å². The van der Waals surface area contributed by atoms with Crippen molar-refractivity contribution in [2.24, 2.45) is 0 Å². The van der Waals surface area contributed by atoms with E-state index in [1.807, 2.05) is 30.3 Å². The Morgan fingerprint density at radius 1 is 0.778 bits per heavy atom. The number of nitrogens with zero attached hydrogens (tertiary/aromatic N) is 2. The summed E-state index contributed by atoms with van der Waals surface area (Å²) in [7, 11) is 0. The molecule has 3 nitrogen and oxygen atoms in total. The van der Waals surface area contributed by atoms with Gasteiger partial charge in [-0.25, -0.2) is 0 Å². The third-order valence-electron chi connectivity index (χ3n) is 5.41. The van der Waals surface area contributed by atoms with Crippen molar-refractivity contribution in [1.29, 1.82) is 0 Å². The number of rotatable bonds is 4. The minimum atomic E-state index is 0.385. The van der Waals surface area contributed by atoms with Gasteiger partial charge in [-0.2, -0.15) is 0 Å². The predicted octanol–water partition coefficient (Wildman–Crippen LogP) is 4.69. The van der Waals surface area contributed by atoms with E-state index >= 15 is 0 Å². The molecule has 1 heterocycles. The van der Waals surface area contributed by atoms with Gasteiger partial charge in [-0.3, -0.25) is 4.90 Å². The maximum absolute atomic E-state index is 10.3. The van der Waals surface area contributed by atoms with Crippen molar-refractivity contribution < 1.29 is 5.11 Å². The lowest BCUT2D eigenvalue weighted by molar-refractivity contribution is 0.246. The van der Waals surface area contributed by atoms with E-state index < -0.39 is 0 Å². The second kappa shape index (κ2) is 7.85. The molecule has 0 saturated carbocycles. The van der Waals surface area contributed by atoms with E-state index in [0.29, 0.717) is 5.75 Å². The summed E-state index contributed by atoms with van der Waals surface area (Å²) in [5, 5.41) is 10.3. The van der Waals surface area contributed by atoms with E-state index in [9.17, 15) is 5.11 Å². The maximum Gasteiger partial charge on any atom is 0.120 e. The van der Waals surface area contributed by atoms with E-state index in [-0.39, 0.29) is 0 Å². The number of hydrogen-bond donors (Lipinski definition) is 1. The van der Waals surface area contributed by atoms with Crippen LogP contribution in [0.2, 0.25) is 0 Å². The van der Waals surface area contributed by atoms with Crippen LogP contribution < -0.4 is 4.90 Å². The summed E-state index contributed by atoms with van der Waals surface area (Å²) in [6.45, 7) is 7.00. The second-order valence-corrected chi connectivity index (χ2v) is 7.26. The normalized spacial score (nSPS) is 15.1. The van der Waals surface area contributed by atoms with Gasteiger partial charge in [0.25, 0.3) is 0 Å². The van der Waals surface area contributed by atoms with Gasteiger partial charge in [0.2, 0.25) is 0 Å². The highest BCUT2D eigenvalue weighted by atomic mass is 16.3. The summed E-state index contributed by atoms with van der Waals surface area (Å²) in [5.41, 5.74) is 6.01. The highest BCUT2D eigenvalue weighted by Gasteiger charge is 2.19. The lowest BCUT2D eigenvalue weighted by atomic mass is 10.0. The molecule has 27 heavy (non-hydrogen) atoms. The van der Waals surface area contributed by atoms with Crippen LogP contribution in [-0.4, -0.2) is 36.2 Å². The molecule has 0 radical (unpaired) electrons. The summed E-state index contributed by atoms with van der Waals surface area (Å²) in [6, 6.07) is 24.9. The SMILES string of the molecule is Cc1ccccc1N1CCN(Cc2cc(-c3ccccc3)ccc2O)CC1. The molecule has 1 aliphatic rings. The Hall–Kier alpha value is -2.78. The van der Waals surface area contributed by atoms with Gasteiger partial charge in [0.15, 0.2) is 0 Å². The first-order valence-electron chi connectivity index (χ1n) is 9.61. The van der Waals surface area contributed by atoms with Crippen LogP contribution >= 0.6 is 0 Å². The quantitative estimate of drug-likeness (QED) is 0.733. The zero-order valence-corrected chi connectivity index (χ0v) is 15.8. The summed E-state index contributed by atoms with van der Waals surface area (Å²) >= 11 is 0. The van der Waals surface area contributed by atoms with Crippen molar-refractivity contribution in [1.82, 2.24) is 4.90 Å². The van der Waals surface area contributed by atoms with Crippen LogP contribution in [-0.2, 0) is 6.54 Å². The third-order valence-corrected chi connectivity index (χ3v) is 5.41. The minimum absolute atomic E-state index is 0.385. The van der Waals surface area contributed by atoms with Crippen LogP contribution in [0.1, 0.15) is 11.1 Å². The average Bonchev–Trinajstić information content (AvgIpc) is 2.71. The first-order valence-corrected chi connectivity index (χ1v) is 9.61.